The van der Waals surface area contributed by atoms with Crippen LogP contribution in [-0.2, 0) is 0 Å². The molecule has 0 atom stereocenters. The molecule has 0 fully saturated rings. The highest BCUT2D eigenvalue weighted by molar-refractivity contribution is 6.20. The minimum Gasteiger partial charge on any atom is -0.354 e. The summed E-state index contributed by atoms with van der Waals surface area (Å²) >= 11 is 0. The Bertz CT molecular complexity index is 887. The predicted octanol–water partition coefficient (Wildman–Crippen LogP) is 4.18. The zero-order valence-electron chi connectivity index (χ0n) is 10.1. The summed E-state index contributed by atoms with van der Waals surface area (Å²) in [6.45, 7) is 2.11. The third-order valence-electron chi connectivity index (χ3n) is 3.55. The number of rotatable bonds is 0. The molecule has 0 aliphatic rings. The van der Waals surface area contributed by atoms with Gasteiger partial charge in [-0.2, -0.15) is 0 Å². The smallest absolute Gasteiger partial charge is 0.0738 e. The van der Waals surface area contributed by atoms with Crippen LogP contribution < -0.4 is 0 Å². The number of aryl methyl sites for hydroxylation is 1. The summed E-state index contributed by atoms with van der Waals surface area (Å²) in [4.78, 5) is 7.99. The van der Waals surface area contributed by atoms with Gasteiger partial charge in [0.05, 0.1) is 5.52 Å². The number of fused-ring (bicyclic) bond motifs is 5. The summed E-state index contributed by atoms with van der Waals surface area (Å²) < 4.78 is 0. The topological polar surface area (TPSA) is 28.7 Å². The number of aromatic amines is 1. The summed E-state index contributed by atoms with van der Waals surface area (Å²) in [6.07, 6.45) is 1.86. The van der Waals surface area contributed by atoms with Crippen molar-refractivity contribution in [2.75, 3.05) is 0 Å². The second kappa shape index (κ2) is 3.33. The maximum atomic E-state index is 4.50. The molecular formula is C16H12N2. The average molecular weight is 232 g/mol. The maximum absolute atomic E-state index is 4.50. The fraction of sp³-hybridized carbons (Fsp3) is 0.0625. The van der Waals surface area contributed by atoms with Gasteiger partial charge < -0.3 is 4.98 Å². The van der Waals surface area contributed by atoms with Crippen molar-refractivity contribution in [2.24, 2.45) is 0 Å². The molecule has 0 saturated heterocycles. The van der Waals surface area contributed by atoms with E-state index in [1.807, 2.05) is 12.3 Å². The quantitative estimate of drug-likeness (QED) is 0.484. The normalized spacial score (nSPS) is 11.6. The summed E-state index contributed by atoms with van der Waals surface area (Å²) in [7, 11) is 0. The monoisotopic (exact) mass is 232 g/mol. The second-order valence-electron chi connectivity index (χ2n) is 4.69. The van der Waals surface area contributed by atoms with Gasteiger partial charge in [-0.1, -0.05) is 24.3 Å². The van der Waals surface area contributed by atoms with Crippen LogP contribution in [0.15, 0.2) is 48.7 Å². The minimum absolute atomic E-state index is 1.09. The van der Waals surface area contributed by atoms with Crippen molar-refractivity contribution in [3.8, 4) is 0 Å². The first-order valence-corrected chi connectivity index (χ1v) is 6.09. The van der Waals surface area contributed by atoms with Gasteiger partial charge in [-0.15, -0.1) is 0 Å². The van der Waals surface area contributed by atoms with Crippen LogP contribution in [0.5, 0.6) is 0 Å². The Morgan fingerprint density at radius 2 is 1.78 bits per heavy atom. The zero-order chi connectivity index (χ0) is 12.1. The molecule has 0 bridgehead atoms. The molecule has 0 radical (unpaired) electrons. The van der Waals surface area contributed by atoms with Crippen molar-refractivity contribution in [1.29, 1.82) is 0 Å². The Labute approximate surface area is 104 Å². The molecule has 1 N–H and O–H groups in total. The average Bonchev–Trinajstić information content (AvgIpc) is 2.77. The molecule has 2 nitrogen and oxygen atoms in total. The van der Waals surface area contributed by atoms with Crippen molar-refractivity contribution >= 4 is 32.7 Å². The van der Waals surface area contributed by atoms with E-state index in [0.717, 1.165) is 5.52 Å². The van der Waals surface area contributed by atoms with Gasteiger partial charge in [0, 0.05) is 33.4 Å². The van der Waals surface area contributed by atoms with E-state index in [4.69, 9.17) is 0 Å². The first-order chi connectivity index (χ1) is 8.84. The molecule has 18 heavy (non-hydrogen) atoms. The molecule has 86 valence electrons. The maximum Gasteiger partial charge on any atom is 0.0738 e. The Balaban J connectivity index is 2.39. The molecular weight excluding hydrogens is 220 g/mol. The molecule has 2 aromatic heterocycles. The standard InChI is InChI=1S/C16H12N2/c1-10-9-14-15(12-6-4-8-17-16(10)12)11-5-2-3-7-13(11)18-14/h2-9,18H,1H3. The molecule has 2 heteroatoms. The number of nitrogens with zero attached hydrogens (tertiary/aromatic N) is 1. The molecule has 0 saturated carbocycles. The SMILES string of the molecule is Cc1cc2[nH]c3ccccc3c2c2cccnc12. The Morgan fingerprint density at radius 3 is 2.72 bits per heavy atom. The number of hydrogen-bond donors (Lipinski definition) is 1. The Morgan fingerprint density at radius 1 is 0.944 bits per heavy atom. The highest BCUT2D eigenvalue weighted by atomic mass is 14.7. The molecule has 2 heterocycles. The number of benzene rings is 2. The van der Waals surface area contributed by atoms with Crippen LogP contribution >= 0.6 is 0 Å². The number of para-hydroxylation sites is 1. The predicted molar refractivity (Wildman–Crippen MR) is 75.8 cm³/mol. The van der Waals surface area contributed by atoms with Crippen LogP contribution in [0.3, 0.4) is 0 Å². The lowest BCUT2D eigenvalue weighted by molar-refractivity contribution is 1.37. The van der Waals surface area contributed by atoms with Gasteiger partial charge in [0.2, 0.25) is 0 Å². The highest BCUT2D eigenvalue weighted by Crippen LogP contribution is 2.32. The van der Waals surface area contributed by atoms with Crippen molar-refractivity contribution in [2.45, 2.75) is 6.92 Å². The second-order valence-corrected chi connectivity index (χ2v) is 4.69. The third-order valence-corrected chi connectivity index (χ3v) is 3.55. The Hall–Kier alpha value is -2.35. The lowest BCUT2D eigenvalue weighted by Gasteiger charge is -2.02. The first-order valence-electron chi connectivity index (χ1n) is 6.09. The van der Waals surface area contributed by atoms with Crippen LogP contribution in [0, 0.1) is 6.92 Å². The van der Waals surface area contributed by atoms with E-state index in [9.17, 15) is 0 Å². The van der Waals surface area contributed by atoms with Gasteiger partial charge >= 0.3 is 0 Å². The summed E-state index contributed by atoms with van der Waals surface area (Å²) in [6, 6.07) is 14.8. The molecule has 0 aliphatic carbocycles. The summed E-state index contributed by atoms with van der Waals surface area (Å²) in [5.74, 6) is 0. The number of hydrogen-bond acceptors (Lipinski definition) is 1. The van der Waals surface area contributed by atoms with Crippen molar-refractivity contribution < 1.29 is 0 Å². The number of pyridine rings is 1. The largest absolute Gasteiger partial charge is 0.354 e. The van der Waals surface area contributed by atoms with E-state index in [-0.39, 0.29) is 0 Å². The molecule has 0 aliphatic heterocycles. The van der Waals surface area contributed by atoms with Gasteiger partial charge in [-0.25, -0.2) is 0 Å². The molecule has 2 aromatic carbocycles. The number of aromatic nitrogens is 2. The fourth-order valence-electron chi connectivity index (χ4n) is 2.77. The van der Waals surface area contributed by atoms with Crippen molar-refractivity contribution in [3.63, 3.8) is 0 Å². The van der Waals surface area contributed by atoms with Crippen LogP contribution in [-0.4, -0.2) is 9.97 Å². The summed E-state index contributed by atoms with van der Waals surface area (Å²) in [5.41, 5.74) is 4.68. The molecule has 4 rings (SSSR count). The van der Waals surface area contributed by atoms with Crippen LogP contribution in [0.25, 0.3) is 32.7 Å². The molecule has 0 unspecified atom stereocenters. The Kier molecular flexibility index (Phi) is 1.78. The fourth-order valence-corrected chi connectivity index (χ4v) is 2.77. The van der Waals surface area contributed by atoms with E-state index in [0.29, 0.717) is 0 Å². The lowest BCUT2D eigenvalue weighted by atomic mass is 10.0. The molecule has 0 spiro atoms. The van der Waals surface area contributed by atoms with Gasteiger partial charge in [-0.3, -0.25) is 4.98 Å². The number of H-pyrrole nitrogens is 1. The highest BCUT2D eigenvalue weighted by Gasteiger charge is 2.09. The van der Waals surface area contributed by atoms with E-state index in [1.54, 1.807) is 0 Å². The van der Waals surface area contributed by atoms with Crippen LogP contribution in [0.1, 0.15) is 5.56 Å². The zero-order valence-corrected chi connectivity index (χ0v) is 10.1. The summed E-state index contributed by atoms with van der Waals surface area (Å²) in [5, 5.41) is 3.77. The molecule has 0 amide bonds. The van der Waals surface area contributed by atoms with E-state index >= 15 is 0 Å². The van der Waals surface area contributed by atoms with Gasteiger partial charge in [-0.05, 0) is 30.7 Å². The van der Waals surface area contributed by atoms with Crippen LogP contribution in [0.4, 0.5) is 0 Å². The third kappa shape index (κ3) is 1.15. The first kappa shape index (κ1) is 9.66. The van der Waals surface area contributed by atoms with Crippen molar-refractivity contribution in [3.05, 3.63) is 54.2 Å². The minimum atomic E-state index is 1.09. The van der Waals surface area contributed by atoms with Gasteiger partial charge in [0.15, 0.2) is 0 Å². The number of nitrogens with one attached hydrogen (secondary N) is 1. The van der Waals surface area contributed by atoms with Gasteiger partial charge in [0.1, 0.15) is 0 Å². The van der Waals surface area contributed by atoms with E-state index in [2.05, 4.69) is 53.3 Å². The molecule has 4 aromatic rings. The van der Waals surface area contributed by atoms with E-state index in [1.165, 1.54) is 32.8 Å². The van der Waals surface area contributed by atoms with E-state index < -0.39 is 0 Å². The van der Waals surface area contributed by atoms with Crippen molar-refractivity contribution in [1.82, 2.24) is 9.97 Å². The lowest BCUT2D eigenvalue weighted by Crippen LogP contribution is -1.83. The van der Waals surface area contributed by atoms with Crippen LogP contribution in [0.2, 0.25) is 0 Å². The van der Waals surface area contributed by atoms with Gasteiger partial charge in [0.25, 0.3) is 0 Å².